The van der Waals surface area contributed by atoms with Crippen molar-refractivity contribution in [3.63, 3.8) is 0 Å². The highest BCUT2D eigenvalue weighted by molar-refractivity contribution is 5.95. The standard InChI is InChI=1S/C14H17F3N6O2/c1-9-19-10(14(15,16)17)8-11(20-9)21-4-6-22(7-5-21)13(25)23-3-2-18-12(23)24/h8H,2-7H2,1H3,(H,18,24). The van der Waals surface area contributed by atoms with Crippen LogP contribution in [0.4, 0.5) is 28.6 Å². The first kappa shape index (κ1) is 17.2. The fourth-order valence-electron chi connectivity index (χ4n) is 2.81. The highest BCUT2D eigenvalue weighted by atomic mass is 19.4. The summed E-state index contributed by atoms with van der Waals surface area (Å²) in [4.78, 5) is 35.7. The number of urea groups is 2. The van der Waals surface area contributed by atoms with Gasteiger partial charge in [0, 0.05) is 45.3 Å². The lowest BCUT2D eigenvalue weighted by atomic mass is 10.3. The molecule has 0 bridgehead atoms. The highest BCUT2D eigenvalue weighted by Gasteiger charge is 2.35. The molecule has 2 aliphatic rings. The largest absolute Gasteiger partial charge is 0.433 e. The molecule has 0 spiro atoms. The van der Waals surface area contributed by atoms with Gasteiger partial charge in [-0.15, -0.1) is 0 Å². The summed E-state index contributed by atoms with van der Waals surface area (Å²) in [5.41, 5.74) is -0.984. The normalized spacial score (nSPS) is 18.6. The number of alkyl halides is 3. The van der Waals surface area contributed by atoms with Gasteiger partial charge >= 0.3 is 18.2 Å². The van der Waals surface area contributed by atoms with E-state index in [1.54, 1.807) is 4.90 Å². The van der Waals surface area contributed by atoms with Gasteiger partial charge in [0.2, 0.25) is 0 Å². The summed E-state index contributed by atoms with van der Waals surface area (Å²) in [5, 5.41) is 2.56. The number of aryl methyl sites for hydroxylation is 1. The van der Waals surface area contributed by atoms with Crippen molar-refractivity contribution in [2.24, 2.45) is 0 Å². The second kappa shape index (κ2) is 6.37. The predicted octanol–water partition coefficient (Wildman–Crippen LogP) is 1.07. The number of hydrogen-bond acceptors (Lipinski definition) is 5. The number of imide groups is 1. The molecular weight excluding hydrogens is 341 g/mol. The maximum absolute atomic E-state index is 12.9. The Balaban J connectivity index is 1.67. The number of amides is 4. The lowest BCUT2D eigenvalue weighted by Crippen LogP contribution is -2.53. The Morgan fingerprint density at radius 1 is 1.16 bits per heavy atom. The molecule has 1 N–H and O–H groups in total. The molecule has 3 rings (SSSR count). The quantitative estimate of drug-likeness (QED) is 0.812. The number of nitrogens with one attached hydrogen (secondary N) is 1. The molecule has 11 heteroatoms. The molecule has 0 radical (unpaired) electrons. The maximum Gasteiger partial charge on any atom is 0.433 e. The van der Waals surface area contributed by atoms with E-state index in [1.165, 1.54) is 11.8 Å². The van der Waals surface area contributed by atoms with Crippen LogP contribution < -0.4 is 10.2 Å². The molecule has 0 saturated carbocycles. The SMILES string of the molecule is Cc1nc(N2CCN(C(=O)N3CCNC3=O)CC2)cc(C(F)(F)F)n1. The minimum atomic E-state index is -4.54. The Labute approximate surface area is 141 Å². The first-order valence-corrected chi connectivity index (χ1v) is 7.78. The van der Waals surface area contributed by atoms with E-state index in [0.29, 0.717) is 39.3 Å². The van der Waals surface area contributed by atoms with Crippen LogP contribution in [0.3, 0.4) is 0 Å². The van der Waals surface area contributed by atoms with Crippen molar-refractivity contribution < 1.29 is 22.8 Å². The molecule has 2 aliphatic heterocycles. The number of rotatable bonds is 1. The number of halogens is 3. The highest BCUT2D eigenvalue weighted by Crippen LogP contribution is 2.30. The van der Waals surface area contributed by atoms with E-state index in [9.17, 15) is 22.8 Å². The van der Waals surface area contributed by atoms with E-state index < -0.39 is 17.9 Å². The van der Waals surface area contributed by atoms with Crippen molar-refractivity contribution in [2.75, 3.05) is 44.2 Å². The first-order chi connectivity index (χ1) is 11.8. The van der Waals surface area contributed by atoms with Gasteiger partial charge in [-0.3, -0.25) is 0 Å². The molecular formula is C14H17F3N6O2. The Kier molecular flexibility index (Phi) is 4.39. The monoisotopic (exact) mass is 358 g/mol. The lowest BCUT2D eigenvalue weighted by Gasteiger charge is -2.36. The minimum absolute atomic E-state index is 0.0390. The van der Waals surface area contributed by atoms with Crippen molar-refractivity contribution in [1.29, 1.82) is 0 Å². The average Bonchev–Trinajstić information content (AvgIpc) is 2.99. The Morgan fingerprint density at radius 3 is 2.40 bits per heavy atom. The molecule has 8 nitrogen and oxygen atoms in total. The van der Waals surface area contributed by atoms with Crippen LogP contribution in [0.1, 0.15) is 11.5 Å². The van der Waals surface area contributed by atoms with Gasteiger partial charge in [0.25, 0.3) is 0 Å². The fourth-order valence-corrected chi connectivity index (χ4v) is 2.81. The van der Waals surface area contributed by atoms with Crippen LogP contribution >= 0.6 is 0 Å². The Hall–Kier alpha value is -2.59. The number of carbonyl (C=O) groups is 2. The molecule has 0 atom stereocenters. The van der Waals surface area contributed by atoms with Crippen molar-refractivity contribution in [2.45, 2.75) is 13.1 Å². The van der Waals surface area contributed by atoms with Crippen LogP contribution in [0.25, 0.3) is 0 Å². The van der Waals surface area contributed by atoms with Crippen molar-refractivity contribution >= 4 is 17.9 Å². The Bertz CT molecular complexity index is 688. The summed E-state index contributed by atoms with van der Waals surface area (Å²) in [6.07, 6.45) is -4.54. The number of anilines is 1. The average molecular weight is 358 g/mol. The van der Waals surface area contributed by atoms with Gasteiger partial charge in [0.1, 0.15) is 17.3 Å². The Morgan fingerprint density at radius 2 is 1.84 bits per heavy atom. The zero-order valence-corrected chi connectivity index (χ0v) is 13.5. The molecule has 0 unspecified atom stereocenters. The third-order valence-corrected chi connectivity index (χ3v) is 4.08. The summed E-state index contributed by atoms with van der Waals surface area (Å²) in [7, 11) is 0. The van der Waals surface area contributed by atoms with E-state index in [4.69, 9.17) is 0 Å². The van der Waals surface area contributed by atoms with E-state index >= 15 is 0 Å². The van der Waals surface area contributed by atoms with Gasteiger partial charge in [-0.05, 0) is 6.92 Å². The summed E-state index contributed by atoms with van der Waals surface area (Å²) < 4.78 is 38.7. The number of aromatic nitrogens is 2. The van der Waals surface area contributed by atoms with Crippen molar-refractivity contribution in [3.8, 4) is 0 Å². The van der Waals surface area contributed by atoms with Gasteiger partial charge in [-0.2, -0.15) is 13.2 Å². The first-order valence-electron chi connectivity index (χ1n) is 7.78. The predicted molar refractivity (Wildman–Crippen MR) is 81.1 cm³/mol. The maximum atomic E-state index is 12.9. The van der Waals surface area contributed by atoms with Crippen LogP contribution in [0.15, 0.2) is 6.07 Å². The zero-order chi connectivity index (χ0) is 18.2. The molecule has 136 valence electrons. The lowest BCUT2D eigenvalue weighted by molar-refractivity contribution is -0.141. The molecule has 25 heavy (non-hydrogen) atoms. The summed E-state index contributed by atoms with van der Waals surface area (Å²) >= 11 is 0. The van der Waals surface area contributed by atoms with Gasteiger partial charge in [0.15, 0.2) is 0 Å². The summed E-state index contributed by atoms with van der Waals surface area (Å²) in [5.74, 6) is 0.225. The molecule has 0 aromatic carbocycles. The molecule has 0 aliphatic carbocycles. The van der Waals surface area contributed by atoms with E-state index in [0.717, 1.165) is 11.0 Å². The molecule has 2 fully saturated rings. The summed E-state index contributed by atoms with van der Waals surface area (Å²) in [6, 6.07) is 0.108. The molecule has 3 heterocycles. The van der Waals surface area contributed by atoms with Crippen molar-refractivity contribution in [1.82, 2.24) is 25.1 Å². The molecule has 1 aromatic heterocycles. The van der Waals surface area contributed by atoms with Gasteiger partial charge in [-0.1, -0.05) is 0 Å². The van der Waals surface area contributed by atoms with Crippen LogP contribution in [-0.2, 0) is 6.18 Å². The topological polar surface area (TPSA) is 81.7 Å². The number of nitrogens with zero attached hydrogens (tertiary/aromatic N) is 5. The van der Waals surface area contributed by atoms with Gasteiger partial charge in [-0.25, -0.2) is 24.5 Å². The van der Waals surface area contributed by atoms with Crippen molar-refractivity contribution in [3.05, 3.63) is 17.6 Å². The third kappa shape index (κ3) is 3.59. The number of hydrogen-bond donors (Lipinski definition) is 1. The zero-order valence-electron chi connectivity index (χ0n) is 13.5. The number of carbonyl (C=O) groups excluding carboxylic acids is 2. The third-order valence-electron chi connectivity index (χ3n) is 4.08. The second-order valence-electron chi connectivity index (χ2n) is 5.80. The van der Waals surface area contributed by atoms with Gasteiger partial charge in [0.05, 0.1) is 0 Å². The minimum Gasteiger partial charge on any atom is -0.353 e. The molecule has 4 amide bonds. The smallest absolute Gasteiger partial charge is 0.353 e. The van der Waals surface area contributed by atoms with Crippen LogP contribution in [-0.4, -0.2) is 71.1 Å². The van der Waals surface area contributed by atoms with Crippen LogP contribution in [0.5, 0.6) is 0 Å². The summed E-state index contributed by atoms with van der Waals surface area (Å²) in [6.45, 7) is 3.40. The van der Waals surface area contributed by atoms with E-state index in [2.05, 4.69) is 15.3 Å². The van der Waals surface area contributed by atoms with Crippen LogP contribution in [0.2, 0.25) is 0 Å². The van der Waals surface area contributed by atoms with Crippen LogP contribution in [0, 0.1) is 6.92 Å². The van der Waals surface area contributed by atoms with E-state index in [-0.39, 0.29) is 17.7 Å². The second-order valence-corrected chi connectivity index (χ2v) is 5.80. The molecule has 2 saturated heterocycles. The fraction of sp³-hybridized carbons (Fsp3) is 0.571. The van der Waals surface area contributed by atoms with E-state index in [1.807, 2.05) is 0 Å². The van der Waals surface area contributed by atoms with Gasteiger partial charge < -0.3 is 15.1 Å². The number of piperazine rings is 1. The molecule has 1 aromatic rings.